The van der Waals surface area contributed by atoms with Crippen LogP contribution in [0.1, 0.15) is 66.2 Å². The van der Waals surface area contributed by atoms with Crippen molar-refractivity contribution in [2.75, 3.05) is 6.61 Å². The fourth-order valence-electron chi connectivity index (χ4n) is 2.47. The van der Waals surface area contributed by atoms with Crippen LogP contribution in [-0.2, 0) is 14.3 Å². The van der Waals surface area contributed by atoms with E-state index in [9.17, 15) is 4.79 Å². The highest BCUT2D eigenvalue weighted by atomic mass is 16.6. The molecule has 0 amide bonds. The molecular formula is C15H28O3. The van der Waals surface area contributed by atoms with Gasteiger partial charge in [0.25, 0.3) is 0 Å². The molecule has 0 aromatic carbocycles. The van der Waals surface area contributed by atoms with Crippen LogP contribution >= 0.6 is 0 Å². The average Bonchev–Trinajstić information content (AvgIpc) is 2.27. The number of hydrogen-bond donors (Lipinski definition) is 0. The van der Waals surface area contributed by atoms with Gasteiger partial charge in [0.2, 0.25) is 0 Å². The maximum atomic E-state index is 11.5. The summed E-state index contributed by atoms with van der Waals surface area (Å²) in [7, 11) is 0. The quantitative estimate of drug-likeness (QED) is 0.703. The van der Waals surface area contributed by atoms with Crippen molar-refractivity contribution in [2.24, 2.45) is 5.92 Å². The Kier molecular flexibility index (Phi) is 6.13. The second-order valence-corrected chi connectivity index (χ2v) is 6.27. The summed E-state index contributed by atoms with van der Waals surface area (Å²) in [6, 6.07) is 0. The maximum absolute atomic E-state index is 11.5. The first-order valence-corrected chi connectivity index (χ1v) is 7.24. The van der Waals surface area contributed by atoms with Crippen molar-refractivity contribution in [3.63, 3.8) is 0 Å². The van der Waals surface area contributed by atoms with Gasteiger partial charge in [-0.2, -0.15) is 0 Å². The third-order valence-electron chi connectivity index (χ3n) is 3.39. The predicted molar refractivity (Wildman–Crippen MR) is 72.5 cm³/mol. The Labute approximate surface area is 111 Å². The van der Waals surface area contributed by atoms with Gasteiger partial charge in [0.15, 0.2) is 0 Å². The summed E-state index contributed by atoms with van der Waals surface area (Å²) < 4.78 is 11.0. The fraction of sp³-hybridized carbons (Fsp3) is 0.933. The molecule has 0 radical (unpaired) electrons. The molecule has 0 aromatic rings. The molecule has 106 valence electrons. The molecule has 0 N–H and O–H groups in total. The standard InChI is InChI=1S/C15H28O3/c1-5-12-7-6-8-13(11-12)17-10-9-14(16)18-15(2,3)4/h12-13H,5-11H2,1-4H3. The third-order valence-corrected chi connectivity index (χ3v) is 3.39. The molecule has 0 heterocycles. The zero-order chi connectivity index (χ0) is 13.6. The Hall–Kier alpha value is -0.570. The Bertz CT molecular complexity index is 255. The molecule has 2 atom stereocenters. The van der Waals surface area contributed by atoms with Gasteiger partial charge < -0.3 is 9.47 Å². The molecule has 1 rings (SSSR count). The summed E-state index contributed by atoms with van der Waals surface area (Å²) in [5, 5.41) is 0. The van der Waals surface area contributed by atoms with Crippen LogP contribution in [0.15, 0.2) is 0 Å². The Balaban J connectivity index is 2.15. The van der Waals surface area contributed by atoms with Crippen molar-refractivity contribution < 1.29 is 14.3 Å². The van der Waals surface area contributed by atoms with Gasteiger partial charge in [-0.25, -0.2) is 0 Å². The van der Waals surface area contributed by atoms with E-state index in [-0.39, 0.29) is 5.97 Å². The Morgan fingerprint density at radius 1 is 1.28 bits per heavy atom. The molecule has 1 saturated carbocycles. The highest BCUT2D eigenvalue weighted by molar-refractivity contribution is 5.69. The van der Waals surface area contributed by atoms with E-state index >= 15 is 0 Å². The van der Waals surface area contributed by atoms with Gasteiger partial charge in [0.1, 0.15) is 5.60 Å². The summed E-state index contributed by atoms with van der Waals surface area (Å²) >= 11 is 0. The van der Waals surface area contributed by atoms with E-state index < -0.39 is 5.60 Å². The van der Waals surface area contributed by atoms with Crippen molar-refractivity contribution in [1.29, 1.82) is 0 Å². The maximum Gasteiger partial charge on any atom is 0.308 e. The van der Waals surface area contributed by atoms with Crippen LogP contribution in [0, 0.1) is 5.92 Å². The van der Waals surface area contributed by atoms with E-state index in [1.807, 2.05) is 20.8 Å². The van der Waals surface area contributed by atoms with Gasteiger partial charge in [0, 0.05) is 0 Å². The van der Waals surface area contributed by atoms with Crippen molar-refractivity contribution in [3.05, 3.63) is 0 Å². The predicted octanol–water partition coefficient (Wildman–Crippen LogP) is 3.70. The van der Waals surface area contributed by atoms with Crippen LogP contribution in [0.25, 0.3) is 0 Å². The van der Waals surface area contributed by atoms with Crippen LogP contribution < -0.4 is 0 Å². The summed E-state index contributed by atoms with van der Waals surface area (Å²) in [6.07, 6.45) is 6.86. The van der Waals surface area contributed by atoms with E-state index in [1.165, 1.54) is 19.3 Å². The SMILES string of the molecule is CCC1CCCC(OCCC(=O)OC(C)(C)C)C1. The number of rotatable bonds is 5. The molecule has 0 bridgehead atoms. The van der Waals surface area contributed by atoms with Crippen LogP contribution in [0.5, 0.6) is 0 Å². The molecule has 3 nitrogen and oxygen atoms in total. The molecule has 0 spiro atoms. The number of carbonyl (C=O) groups is 1. The highest BCUT2D eigenvalue weighted by Crippen LogP contribution is 2.28. The minimum atomic E-state index is -0.394. The van der Waals surface area contributed by atoms with Gasteiger partial charge >= 0.3 is 5.97 Å². The molecule has 1 fully saturated rings. The van der Waals surface area contributed by atoms with Gasteiger partial charge in [-0.3, -0.25) is 4.79 Å². The third kappa shape index (κ3) is 6.39. The molecule has 2 unspecified atom stereocenters. The first-order valence-electron chi connectivity index (χ1n) is 7.24. The molecule has 1 aliphatic rings. The second kappa shape index (κ2) is 7.13. The lowest BCUT2D eigenvalue weighted by Crippen LogP contribution is -2.26. The summed E-state index contributed by atoms with van der Waals surface area (Å²) in [6.45, 7) is 8.40. The van der Waals surface area contributed by atoms with Gasteiger partial charge in [-0.05, 0) is 39.5 Å². The van der Waals surface area contributed by atoms with E-state index in [0.717, 1.165) is 18.8 Å². The van der Waals surface area contributed by atoms with Gasteiger partial charge in [0.05, 0.1) is 19.1 Å². The largest absolute Gasteiger partial charge is 0.460 e. The van der Waals surface area contributed by atoms with Crippen LogP contribution in [-0.4, -0.2) is 24.3 Å². The summed E-state index contributed by atoms with van der Waals surface area (Å²) in [5.41, 5.74) is -0.394. The lowest BCUT2D eigenvalue weighted by Gasteiger charge is -2.28. The van der Waals surface area contributed by atoms with Crippen molar-refractivity contribution in [2.45, 2.75) is 77.9 Å². The van der Waals surface area contributed by atoms with E-state index in [4.69, 9.17) is 9.47 Å². The van der Waals surface area contributed by atoms with Crippen molar-refractivity contribution >= 4 is 5.97 Å². The fourth-order valence-corrected chi connectivity index (χ4v) is 2.47. The molecule has 1 aliphatic carbocycles. The first-order chi connectivity index (χ1) is 8.40. The zero-order valence-corrected chi connectivity index (χ0v) is 12.3. The van der Waals surface area contributed by atoms with Crippen LogP contribution in [0.3, 0.4) is 0 Å². The smallest absolute Gasteiger partial charge is 0.308 e. The normalized spacial score (nSPS) is 24.9. The van der Waals surface area contributed by atoms with E-state index in [1.54, 1.807) is 0 Å². The number of hydrogen-bond acceptors (Lipinski definition) is 3. The molecule has 18 heavy (non-hydrogen) atoms. The number of ether oxygens (including phenoxy) is 2. The van der Waals surface area contributed by atoms with Crippen LogP contribution in [0.2, 0.25) is 0 Å². The molecule has 0 aromatic heterocycles. The zero-order valence-electron chi connectivity index (χ0n) is 12.3. The molecule has 0 aliphatic heterocycles. The number of esters is 1. The lowest BCUT2D eigenvalue weighted by molar-refractivity contribution is -0.156. The van der Waals surface area contributed by atoms with Crippen molar-refractivity contribution in [1.82, 2.24) is 0 Å². The van der Waals surface area contributed by atoms with Gasteiger partial charge in [-0.1, -0.05) is 26.2 Å². The Morgan fingerprint density at radius 3 is 2.61 bits per heavy atom. The van der Waals surface area contributed by atoms with Crippen LogP contribution in [0.4, 0.5) is 0 Å². The molecule has 3 heteroatoms. The summed E-state index contributed by atoms with van der Waals surface area (Å²) in [4.78, 5) is 11.5. The average molecular weight is 256 g/mol. The lowest BCUT2D eigenvalue weighted by atomic mass is 9.85. The number of carbonyl (C=O) groups excluding carboxylic acids is 1. The minimum absolute atomic E-state index is 0.162. The van der Waals surface area contributed by atoms with Crippen molar-refractivity contribution in [3.8, 4) is 0 Å². The van der Waals surface area contributed by atoms with E-state index in [0.29, 0.717) is 19.1 Å². The second-order valence-electron chi connectivity index (χ2n) is 6.27. The van der Waals surface area contributed by atoms with E-state index in [2.05, 4.69) is 6.92 Å². The Morgan fingerprint density at radius 2 is 2.00 bits per heavy atom. The minimum Gasteiger partial charge on any atom is -0.460 e. The molecule has 0 saturated heterocycles. The topological polar surface area (TPSA) is 35.5 Å². The monoisotopic (exact) mass is 256 g/mol. The summed E-state index contributed by atoms with van der Waals surface area (Å²) in [5.74, 6) is 0.649. The first kappa shape index (κ1) is 15.5. The molecular weight excluding hydrogens is 228 g/mol. The van der Waals surface area contributed by atoms with Gasteiger partial charge in [-0.15, -0.1) is 0 Å². The highest BCUT2D eigenvalue weighted by Gasteiger charge is 2.22.